The van der Waals surface area contributed by atoms with Crippen LogP contribution >= 0.6 is 0 Å². The molecule has 0 bridgehead atoms. The van der Waals surface area contributed by atoms with E-state index in [0.717, 1.165) is 29.6 Å². The molecule has 136 valence electrons. The molecule has 0 N–H and O–H groups in total. The van der Waals surface area contributed by atoms with Crippen LogP contribution in [0.15, 0.2) is 24.1 Å². The molecule has 1 fully saturated rings. The Morgan fingerprint density at radius 1 is 1.12 bits per heavy atom. The molecule has 4 rings (SSSR count). The van der Waals surface area contributed by atoms with Gasteiger partial charge in [0.25, 0.3) is 0 Å². The van der Waals surface area contributed by atoms with E-state index in [1.54, 1.807) is 6.20 Å². The van der Waals surface area contributed by atoms with Crippen molar-refractivity contribution in [1.82, 2.24) is 9.97 Å². The van der Waals surface area contributed by atoms with Crippen LogP contribution in [0.25, 0.3) is 17.1 Å². The second-order valence-electron chi connectivity index (χ2n) is 8.23. The van der Waals surface area contributed by atoms with Crippen LogP contribution in [0.5, 0.6) is 0 Å². The Labute approximate surface area is 154 Å². The minimum Gasteiger partial charge on any atom is -0.398 e. The van der Waals surface area contributed by atoms with Gasteiger partial charge in [-0.15, -0.1) is 0 Å². The highest BCUT2D eigenvalue weighted by Crippen LogP contribution is 2.39. The summed E-state index contributed by atoms with van der Waals surface area (Å²) in [6.45, 7) is 7.64. The van der Waals surface area contributed by atoms with Crippen molar-refractivity contribution in [3.8, 4) is 0 Å². The number of hydrogen-bond acceptors (Lipinski definition) is 4. The number of aryl methyl sites for hydroxylation is 2. The average molecular weight is 354 g/mol. The van der Waals surface area contributed by atoms with E-state index in [1.165, 1.54) is 24.5 Å². The van der Waals surface area contributed by atoms with Crippen LogP contribution in [0.1, 0.15) is 57.4 Å². The van der Waals surface area contributed by atoms with Crippen LogP contribution in [0, 0.1) is 0 Å². The smallest absolute Gasteiger partial charge is 0.398 e. The molecule has 0 aromatic carbocycles. The third kappa shape index (κ3) is 3.05. The molecule has 2 aliphatic rings. The van der Waals surface area contributed by atoms with E-state index in [4.69, 9.17) is 9.31 Å². The highest BCUT2D eigenvalue weighted by molar-refractivity contribution is 6.54. The molecule has 6 heteroatoms. The van der Waals surface area contributed by atoms with Crippen molar-refractivity contribution in [2.24, 2.45) is 0 Å². The normalized spacial score (nSPS) is 21.9. The Kier molecular flexibility index (Phi) is 4.16. The van der Waals surface area contributed by atoms with Crippen LogP contribution < -0.4 is 0 Å². The lowest BCUT2D eigenvalue weighted by Crippen LogP contribution is -2.41. The van der Waals surface area contributed by atoms with Crippen molar-refractivity contribution in [2.45, 2.75) is 64.6 Å². The lowest BCUT2D eigenvalue weighted by Gasteiger charge is -2.32. The Hall–Kier alpha value is -1.79. The third-order valence-corrected chi connectivity index (χ3v) is 5.75. The number of fused-ring (bicyclic) bond motifs is 2. The van der Waals surface area contributed by atoms with Gasteiger partial charge in [-0.3, -0.25) is 0 Å². The van der Waals surface area contributed by atoms with Gasteiger partial charge in [-0.2, -0.15) is 0 Å². The molecule has 2 aromatic rings. The van der Waals surface area contributed by atoms with Crippen LogP contribution in [-0.4, -0.2) is 28.3 Å². The second-order valence-corrected chi connectivity index (χ2v) is 8.23. The number of nitrogens with zero attached hydrogens (tertiary/aromatic N) is 2. The largest absolute Gasteiger partial charge is 0.525 e. The first-order valence-corrected chi connectivity index (χ1v) is 9.26. The van der Waals surface area contributed by atoms with Crippen molar-refractivity contribution in [3.63, 3.8) is 0 Å². The van der Waals surface area contributed by atoms with Crippen LogP contribution in [-0.2, 0) is 22.2 Å². The van der Waals surface area contributed by atoms with Gasteiger partial charge in [-0.1, -0.05) is 0 Å². The summed E-state index contributed by atoms with van der Waals surface area (Å²) in [5.41, 5.74) is 2.28. The highest BCUT2D eigenvalue weighted by atomic mass is 19.1. The Morgan fingerprint density at radius 2 is 1.81 bits per heavy atom. The minimum absolute atomic E-state index is 0.448. The fraction of sp³-hybridized carbons (Fsp3) is 0.500. The van der Waals surface area contributed by atoms with E-state index in [0.29, 0.717) is 5.56 Å². The predicted molar refractivity (Wildman–Crippen MR) is 101 cm³/mol. The molecule has 1 aliphatic heterocycles. The molecule has 1 saturated heterocycles. The Bertz CT molecular complexity index is 879. The minimum atomic E-state index is -0.989. The van der Waals surface area contributed by atoms with E-state index in [9.17, 15) is 4.39 Å². The fourth-order valence-electron chi connectivity index (χ4n) is 3.46. The van der Waals surface area contributed by atoms with Gasteiger partial charge in [0.05, 0.1) is 11.2 Å². The van der Waals surface area contributed by atoms with Crippen molar-refractivity contribution >= 4 is 24.2 Å². The molecule has 4 nitrogen and oxygen atoms in total. The first-order chi connectivity index (χ1) is 12.2. The van der Waals surface area contributed by atoms with Crippen molar-refractivity contribution in [3.05, 3.63) is 40.9 Å². The molecule has 0 radical (unpaired) electrons. The lowest BCUT2D eigenvalue weighted by atomic mass is 9.87. The van der Waals surface area contributed by atoms with Gasteiger partial charge in [0.15, 0.2) is 5.65 Å². The molecule has 0 atom stereocenters. The molecule has 1 aliphatic carbocycles. The van der Waals surface area contributed by atoms with Gasteiger partial charge >= 0.3 is 7.12 Å². The molecule has 0 saturated carbocycles. The van der Waals surface area contributed by atoms with E-state index < -0.39 is 24.0 Å². The summed E-state index contributed by atoms with van der Waals surface area (Å²) < 4.78 is 26.2. The van der Waals surface area contributed by atoms with E-state index >= 15 is 0 Å². The van der Waals surface area contributed by atoms with E-state index in [2.05, 4.69) is 16.0 Å². The second kappa shape index (κ2) is 6.13. The summed E-state index contributed by atoms with van der Waals surface area (Å²) in [5.74, 6) is 0. The zero-order chi connectivity index (χ0) is 18.5. The molecule has 0 amide bonds. The van der Waals surface area contributed by atoms with Gasteiger partial charge in [0.2, 0.25) is 0 Å². The van der Waals surface area contributed by atoms with Gasteiger partial charge in [-0.05, 0) is 82.7 Å². The van der Waals surface area contributed by atoms with Gasteiger partial charge in [0, 0.05) is 17.3 Å². The maximum atomic E-state index is 14.7. The molecular weight excluding hydrogens is 330 g/mol. The summed E-state index contributed by atoms with van der Waals surface area (Å²) in [4.78, 5) is 9.10. The summed E-state index contributed by atoms with van der Waals surface area (Å²) >= 11 is 0. The first kappa shape index (κ1) is 17.6. The number of aromatic nitrogens is 2. The van der Waals surface area contributed by atoms with E-state index in [-0.39, 0.29) is 0 Å². The molecule has 0 unspecified atom stereocenters. The summed E-state index contributed by atoms with van der Waals surface area (Å²) in [5, 5.41) is 0.945. The monoisotopic (exact) mass is 354 g/mol. The number of halogens is 1. The quantitative estimate of drug-likeness (QED) is 0.748. The van der Waals surface area contributed by atoms with Crippen LogP contribution in [0.2, 0.25) is 0 Å². The summed E-state index contributed by atoms with van der Waals surface area (Å²) in [6, 6.07) is 4.07. The van der Waals surface area contributed by atoms with Crippen molar-refractivity contribution < 1.29 is 13.7 Å². The standard InChI is InChI=1S/C20H24BFN2O2/c1-19(2)20(3,4)26-21(25-19)17(22)10-13-9-15-11-14-7-5-6-8-16(14)24-18(15)23-12-13/h9-12H,5-8H2,1-4H3. The zero-order valence-electron chi connectivity index (χ0n) is 15.8. The number of pyridine rings is 2. The van der Waals surface area contributed by atoms with Gasteiger partial charge in [0.1, 0.15) is 5.73 Å². The van der Waals surface area contributed by atoms with E-state index in [1.807, 2.05) is 33.8 Å². The first-order valence-electron chi connectivity index (χ1n) is 9.26. The molecule has 2 aromatic heterocycles. The van der Waals surface area contributed by atoms with Crippen molar-refractivity contribution in [1.29, 1.82) is 0 Å². The predicted octanol–water partition coefficient (Wildman–Crippen LogP) is 4.45. The fourth-order valence-corrected chi connectivity index (χ4v) is 3.46. The molecule has 26 heavy (non-hydrogen) atoms. The number of hydrogen-bond donors (Lipinski definition) is 0. The highest BCUT2D eigenvalue weighted by Gasteiger charge is 2.53. The third-order valence-electron chi connectivity index (χ3n) is 5.75. The Morgan fingerprint density at radius 3 is 2.54 bits per heavy atom. The van der Waals surface area contributed by atoms with Crippen molar-refractivity contribution in [2.75, 3.05) is 0 Å². The molecular formula is C20H24BFN2O2. The maximum Gasteiger partial charge on any atom is 0.525 e. The maximum absolute atomic E-state index is 14.7. The average Bonchev–Trinajstić information content (AvgIpc) is 2.81. The van der Waals surface area contributed by atoms with Crippen LogP contribution in [0.3, 0.4) is 0 Å². The van der Waals surface area contributed by atoms with Gasteiger partial charge < -0.3 is 9.31 Å². The Balaban J connectivity index is 1.63. The van der Waals surface area contributed by atoms with Crippen LogP contribution in [0.4, 0.5) is 4.39 Å². The zero-order valence-corrected chi connectivity index (χ0v) is 15.8. The summed E-state index contributed by atoms with van der Waals surface area (Å²) in [7, 11) is -0.989. The molecule has 0 spiro atoms. The SMILES string of the molecule is CC1(C)OB(C(F)=Cc2cnc3nc4c(cc3c2)CCCC4)OC1(C)C. The van der Waals surface area contributed by atoms with Gasteiger partial charge in [-0.25, -0.2) is 14.4 Å². The lowest BCUT2D eigenvalue weighted by molar-refractivity contribution is 0.00578. The summed E-state index contributed by atoms with van der Waals surface area (Å²) in [6.07, 6.45) is 7.55. The topological polar surface area (TPSA) is 44.2 Å². The molecule has 3 heterocycles. The number of rotatable bonds is 2.